The Hall–Kier alpha value is -2.22. The molecule has 2 nitrogen and oxygen atoms in total. The van der Waals surface area contributed by atoms with Crippen LogP contribution >= 0.6 is 0 Å². The van der Waals surface area contributed by atoms with E-state index in [2.05, 4.69) is 47.4 Å². The molecule has 3 aromatic rings. The summed E-state index contributed by atoms with van der Waals surface area (Å²) in [4.78, 5) is 3.52. The second kappa shape index (κ2) is 6.49. The molecule has 0 saturated heterocycles. The van der Waals surface area contributed by atoms with Crippen molar-refractivity contribution in [2.45, 2.75) is 45.1 Å². The van der Waals surface area contributed by atoms with E-state index in [4.69, 9.17) is 4.74 Å². The molecule has 1 N–H and O–H groups in total. The minimum atomic E-state index is 0.621. The van der Waals surface area contributed by atoms with Crippen LogP contribution in [0, 0.1) is 0 Å². The van der Waals surface area contributed by atoms with Crippen molar-refractivity contribution in [1.82, 2.24) is 4.98 Å². The second-order valence-electron chi connectivity index (χ2n) is 6.46. The van der Waals surface area contributed by atoms with Crippen LogP contribution in [0.3, 0.4) is 0 Å². The van der Waals surface area contributed by atoms with Crippen LogP contribution in [0.1, 0.15) is 42.4 Å². The van der Waals surface area contributed by atoms with Gasteiger partial charge < -0.3 is 9.72 Å². The Morgan fingerprint density at radius 2 is 1.65 bits per heavy atom. The zero-order valence-electron chi connectivity index (χ0n) is 13.5. The van der Waals surface area contributed by atoms with E-state index in [1.165, 1.54) is 59.7 Å². The third-order valence-electron chi connectivity index (χ3n) is 4.82. The molecule has 1 aromatic heterocycles. The van der Waals surface area contributed by atoms with Crippen LogP contribution in [0.2, 0.25) is 0 Å². The van der Waals surface area contributed by atoms with Gasteiger partial charge in [-0.25, -0.2) is 0 Å². The summed E-state index contributed by atoms with van der Waals surface area (Å²) in [6.07, 6.45) is 7.50. The fraction of sp³-hybridized carbons (Fsp3) is 0.333. The zero-order valence-corrected chi connectivity index (χ0v) is 13.5. The van der Waals surface area contributed by atoms with Crippen LogP contribution in [0.15, 0.2) is 48.5 Å². The van der Waals surface area contributed by atoms with Gasteiger partial charge >= 0.3 is 0 Å². The zero-order chi connectivity index (χ0) is 15.5. The van der Waals surface area contributed by atoms with Crippen LogP contribution in [-0.4, -0.2) is 4.98 Å². The van der Waals surface area contributed by atoms with E-state index in [1.54, 1.807) is 0 Å². The highest BCUT2D eigenvalue weighted by atomic mass is 16.5. The minimum Gasteiger partial charge on any atom is -0.474 e. The third kappa shape index (κ3) is 2.98. The summed E-state index contributed by atoms with van der Waals surface area (Å²) < 4.78 is 6.17. The topological polar surface area (TPSA) is 25.0 Å². The highest BCUT2D eigenvalue weighted by Gasteiger charge is 2.17. The number of benzene rings is 2. The van der Waals surface area contributed by atoms with Crippen LogP contribution < -0.4 is 4.74 Å². The number of rotatable bonds is 3. The molecule has 118 valence electrons. The van der Waals surface area contributed by atoms with Crippen molar-refractivity contribution < 1.29 is 4.74 Å². The third-order valence-corrected chi connectivity index (χ3v) is 4.82. The summed E-state index contributed by atoms with van der Waals surface area (Å²) in [7, 11) is 0. The Kier molecular flexibility index (Phi) is 4.06. The molecule has 0 radical (unpaired) electrons. The van der Waals surface area contributed by atoms with Gasteiger partial charge in [0.15, 0.2) is 5.88 Å². The fourth-order valence-corrected chi connectivity index (χ4v) is 3.64. The van der Waals surface area contributed by atoms with Gasteiger partial charge in [0, 0.05) is 16.5 Å². The summed E-state index contributed by atoms with van der Waals surface area (Å²) in [5.41, 5.74) is 5.29. The number of aromatic amines is 1. The van der Waals surface area contributed by atoms with Crippen LogP contribution in [-0.2, 0) is 19.4 Å². The van der Waals surface area contributed by atoms with E-state index >= 15 is 0 Å². The smallest absolute Gasteiger partial charge is 0.195 e. The molecular weight excluding hydrogens is 282 g/mol. The van der Waals surface area contributed by atoms with Gasteiger partial charge in [-0.2, -0.15) is 0 Å². The van der Waals surface area contributed by atoms with E-state index in [0.29, 0.717) is 6.61 Å². The van der Waals surface area contributed by atoms with E-state index < -0.39 is 0 Å². The average molecular weight is 305 g/mol. The molecule has 0 saturated carbocycles. The predicted octanol–water partition coefficient (Wildman–Crippen LogP) is 5.41. The lowest BCUT2D eigenvalue weighted by molar-refractivity contribution is 0.293. The molecule has 0 amide bonds. The summed E-state index contributed by atoms with van der Waals surface area (Å²) >= 11 is 0. The number of ether oxygens (including phenoxy) is 1. The molecule has 2 aromatic carbocycles. The summed E-state index contributed by atoms with van der Waals surface area (Å²) in [5, 5.41) is 1.41. The van der Waals surface area contributed by atoms with Crippen molar-refractivity contribution in [3.05, 3.63) is 65.2 Å². The quantitative estimate of drug-likeness (QED) is 0.688. The van der Waals surface area contributed by atoms with Gasteiger partial charge in [-0.3, -0.25) is 0 Å². The van der Waals surface area contributed by atoms with Crippen molar-refractivity contribution in [3.8, 4) is 5.88 Å². The minimum absolute atomic E-state index is 0.621. The molecule has 1 heterocycles. The molecule has 0 atom stereocenters. The molecule has 0 spiro atoms. The Morgan fingerprint density at radius 3 is 2.52 bits per heavy atom. The first-order valence-corrected chi connectivity index (χ1v) is 8.71. The molecule has 1 aliphatic rings. The Bertz CT molecular complexity index is 788. The van der Waals surface area contributed by atoms with Gasteiger partial charge in [0.05, 0.1) is 0 Å². The van der Waals surface area contributed by atoms with Gasteiger partial charge in [0.2, 0.25) is 0 Å². The maximum absolute atomic E-state index is 6.17. The number of aryl methyl sites for hydroxylation is 2. The maximum atomic E-state index is 6.17. The number of hydrogen-bond donors (Lipinski definition) is 1. The molecule has 0 aliphatic heterocycles. The molecule has 1 aliphatic carbocycles. The number of nitrogens with one attached hydrogen (secondary N) is 1. The van der Waals surface area contributed by atoms with Crippen molar-refractivity contribution in [3.63, 3.8) is 0 Å². The number of aromatic nitrogens is 1. The van der Waals surface area contributed by atoms with Gasteiger partial charge in [0.25, 0.3) is 0 Å². The highest BCUT2D eigenvalue weighted by molar-refractivity contribution is 5.89. The monoisotopic (exact) mass is 305 g/mol. The van der Waals surface area contributed by atoms with E-state index in [1.807, 2.05) is 6.07 Å². The second-order valence-corrected chi connectivity index (χ2v) is 6.46. The summed E-state index contributed by atoms with van der Waals surface area (Å²) in [5.74, 6) is 0.971. The Balaban J connectivity index is 1.70. The fourth-order valence-electron chi connectivity index (χ4n) is 3.64. The lowest BCUT2D eigenvalue weighted by Gasteiger charge is -2.08. The van der Waals surface area contributed by atoms with Gasteiger partial charge in [0.1, 0.15) is 6.61 Å². The van der Waals surface area contributed by atoms with Crippen LogP contribution in [0.5, 0.6) is 5.88 Å². The average Bonchev–Trinajstić information content (AvgIpc) is 2.99. The standard InChI is InChI=1S/C21H23NO/c1-2-7-13-18-20-17(11-6-1)12-8-14-19(20)22-21(18)23-15-16-9-4-3-5-10-16/h3-5,8-10,12,14,22H,1-2,6-7,11,13,15H2. The molecule has 2 heteroatoms. The highest BCUT2D eigenvalue weighted by Crippen LogP contribution is 2.34. The Morgan fingerprint density at radius 1 is 0.826 bits per heavy atom. The van der Waals surface area contributed by atoms with E-state index in [-0.39, 0.29) is 0 Å². The van der Waals surface area contributed by atoms with E-state index in [9.17, 15) is 0 Å². The first-order chi connectivity index (χ1) is 11.4. The summed E-state index contributed by atoms with van der Waals surface area (Å²) in [6, 6.07) is 17.0. The first kappa shape index (κ1) is 14.4. The van der Waals surface area contributed by atoms with E-state index in [0.717, 1.165) is 12.3 Å². The summed E-state index contributed by atoms with van der Waals surface area (Å²) in [6.45, 7) is 0.621. The van der Waals surface area contributed by atoms with Crippen LogP contribution in [0.25, 0.3) is 10.9 Å². The number of H-pyrrole nitrogens is 1. The van der Waals surface area contributed by atoms with Crippen molar-refractivity contribution >= 4 is 10.9 Å². The lowest BCUT2D eigenvalue weighted by atomic mass is 10.0. The SMILES string of the molecule is c1ccc(COc2[nH]c3cccc4c3c2CCCCCC4)cc1. The lowest BCUT2D eigenvalue weighted by Crippen LogP contribution is -1.98. The molecular formula is C21H23NO. The number of hydrogen-bond acceptors (Lipinski definition) is 1. The molecule has 23 heavy (non-hydrogen) atoms. The van der Waals surface area contributed by atoms with Crippen molar-refractivity contribution in [2.24, 2.45) is 0 Å². The molecule has 0 fully saturated rings. The molecule has 0 bridgehead atoms. The normalized spacial score (nSPS) is 15.0. The van der Waals surface area contributed by atoms with Crippen molar-refractivity contribution in [2.75, 3.05) is 0 Å². The predicted molar refractivity (Wildman–Crippen MR) is 94.9 cm³/mol. The largest absolute Gasteiger partial charge is 0.474 e. The van der Waals surface area contributed by atoms with Gasteiger partial charge in [-0.1, -0.05) is 55.3 Å². The molecule has 0 unspecified atom stereocenters. The van der Waals surface area contributed by atoms with Gasteiger partial charge in [-0.05, 0) is 42.9 Å². The van der Waals surface area contributed by atoms with Crippen LogP contribution in [0.4, 0.5) is 0 Å². The Labute approximate surface area is 137 Å². The molecule has 4 rings (SSSR count). The maximum Gasteiger partial charge on any atom is 0.195 e. The van der Waals surface area contributed by atoms with Gasteiger partial charge in [-0.15, -0.1) is 0 Å². The van der Waals surface area contributed by atoms with Crippen molar-refractivity contribution in [1.29, 1.82) is 0 Å². The first-order valence-electron chi connectivity index (χ1n) is 8.71.